The van der Waals surface area contributed by atoms with Gasteiger partial charge in [-0.05, 0) is 55.8 Å². The summed E-state index contributed by atoms with van der Waals surface area (Å²) in [4.78, 5) is 14.8. The van der Waals surface area contributed by atoms with Crippen molar-refractivity contribution >= 4 is 5.91 Å². The molecular weight excluding hydrogens is 328 g/mol. The van der Waals surface area contributed by atoms with Crippen molar-refractivity contribution in [2.75, 3.05) is 26.7 Å². The Labute approximate surface area is 155 Å². The monoisotopic (exact) mass is 356 g/mol. The van der Waals surface area contributed by atoms with Crippen molar-refractivity contribution in [3.8, 4) is 5.75 Å². The van der Waals surface area contributed by atoms with Crippen LogP contribution in [0.15, 0.2) is 47.1 Å². The minimum atomic E-state index is 0.0666. The highest BCUT2D eigenvalue weighted by Crippen LogP contribution is 2.25. The third-order valence-corrected chi connectivity index (χ3v) is 5.00. The number of carbonyl (C=O) groups is 1. The summed E-state index contributed by atoms with van der Waals surface area (Å²) in [6.45, 7) is 2.79. The topological polar surface area (TPSA) is 54.7 Å². The van der Waals surface area contributed by atoms with E-state index in [1.807, 2.05) is 24.3 Å². The molecule has 1 N–H and O–H groups in total. The van der Waals surface area contributed by atoms with E-state index in [1.54, 1.807) is 13.4 Å². The number of carbonyl (C=O) groups excluding carboxylic acids is 1. The van der Waals surface area contributed by atoms with Crippen molar-refractivity contribution in [2.24, 2.45) is 0 Å². The van der Waals surface area contributed by atoms with Gasteiger partial charge in [-0.3, -0.25) is 9.69 Å². The molecule has 1 saturated heterocycles. The van der Waals surface area contributed by atoms with Gasteiger partial charge in [0, 0.05) is 19.4 Å². The van der Waals surface area contributed by atoms with E-state index >= 15 is 0 Å². The standard InChI is InChI=1S/C21H28N2O3/c1-25-18-9-7-17(8-10-18)20(23-13-3-2-4-14-23)16-22-21(24)12-11-19-6-5-15-26-19/h5-10,15,20H,2-4,11-14,16H2,1H3,(H,22,24). The van der Waals surface area contributed by atoms with Gasteiger partial charge in [-0.2, -0.15) is 0 Å². The number of piperidine rings is 1. The van der Waals surface area contributed by atoms with Crippen LogP contribution in [0.2, 0.25) is 0 Å². The van der Waals surface area contributed by atoms with Gasteiger partial charge in [0.25, 0.3) is 0 Å². The Morgan fingerprint density at radius 1 is 1.19 bits per heavy atom. The first-order chi connectivity index (χ1) is 12.8. The molecule has 1 aliphatic rings. The summed E-state index contributed by atoms with van der Waals surface area (Å²) < 4.78 is 10.6. The highest BCUT2D eigenvalue weighted by atomic mass is 16.5. The molecule has 1 amide bonds. The zero-order valence-electron chi connectivity index (χ0n) is 15.4. The van der Waals surface area contributed by atoms with Gasteiger partial charge in [0.05, 0.1) is 19.4 Å². The van der Waals surface area contributed by atoms with E-state index in [0.29, 0.717) is 19.4 Å². The van der Waals surface area contributed by atoms with Gasteiger partial charge < -0.3 is 14.5 Å². The fraction of sp³-hybridized carbons (Fsp3) is 0.476. The van der Waals surface area contributed by atoms with Crippen LogP contribution < -0.4 is 10.1 Å². The summed E-state index contributed by atoms with van der Waals surface area (Å²) in [5.74, 6) is 1.77. The summed E-state index contributed by atoms with van der Waals surface area (Å²) >= 11 is 0. The van der Waals surface area contributed by atoms with Crippen molar-refractivity contribution in [1.82, 2.24) is 10.2 Å². The van der Waals surface area contributed by atoms with Gasteiger partial charge in [0.2, 0.25) is 5.91 Å². The molecule has 1 aliphatic heterocycles. The zero-order valence-corrected chi connectivity index (χ0v) is 15.4. The summed E-state index contributed by atoms with van der Waals surface area (Å²) in [7, 11) is 1.68. The maximum Gasteiger partial charge on any atom is 0.220 e. The van der Waals surface area contributed by atoms with Crippen LogP contribution in [0.5, 0.6) is 5.75 Å². The zero-order chi connectivity index (χ0) is 18.2. The summed E-state index contributed by atoms with van der Waals surface area (Å²) in [5.41, 5.74) is 1.22. The Morgan fingerprint density at radius 3 is 2.62 bits per heavy atom. The lowest BCUT2D eigenvalue weighted by atomic mass is 10.0. The molecule has 0 radical (unpaired) electrons. The highest BCUT2D eigenvalue weighted by Gasteiger charge is 2.23. The number of amides is 1. The number of hydrogen-bond acceptors (Lipinski definition) is 4. The number of rotatable bonds is 8. The molecule has 0 bridgehead atoms. The lowest BCUT2D eigenvalue weighted by molar-refractivity contribution is -0.121. The molecule has 2 aromatic rings. The van der Waals surface area contributed by atoms with Crippen molar-refractivity contribution in [3.05, 3.63) is 54.0 Å². The van der Waals surface area contributed by atoms with E-state index in [-0.39, 0.29) is 11.9 Å². The van der Waals surface area contributed by atoms with Crippen molar-refractivity contribution in [3.63, 3.8) is 0 Å². The van der Waals surface area contributed by atoms with E-state index in [4.69, 9.17) is 9.15 Å². The number of ether oxygens (including phenoxy) is 1. The Hall–Kier alpha value is -2.27. The first kappa shape index (κ1) is 18.5. The largest absolute Gasteiger partial charge is 0.497 e. The maximum absolute atomic E-state index is 12.3. The van der Waals surface area contributed by atoms with Crippen molar-refractivity contribution in [2.45, 2.75) is 38.1 Å². The fourth-order valence-electron chi connectivity index (χ4n) is 3.50. The highest BCUT2D eigenvalue weighted by molar-refractivity contribution is 5.76. The van der Waals surface area contributed by atoms with Crippen molar-refractivity contribution in [1.29, 1.82) is 0 Å². The van der Waals surface area contributed by atoms with Gasteiger partial charge in [0.15, 0.2) is 0 Å². The average Bonchev–Trinajstić information content (AvgIpc) is 3.21. The number of aryl methyl sites for hydroxylation is 1. The molecule has 3 rings (SSSR count). The minimum absolute atomic E-state index is 0.0666. The van der Waals surface area contributed by atoms with Gasteiger partial charge in [-0.1, -0.05) is 18.6 Å². The molecule has 0 saturated carbocycles. The predicted octanol–water partition coefficient (Wildman–Crippen LogP) is 3.56. The fourth-order valence-corrected chi connectivity index (χ4v) is 3.50. The quantitative estimate of drug-likeness (QED) is 0.786. The summed E-state index contributed by atoms with van der Waals surface area (Å²) in [5, 5.41) is 3.12. The van der Waals surface area contributed by atoms with Crippen LogP contribution in [0.1, 0.15) is 43.0 Å². The van der Waals surface area contributed by atoms with Gasteiger partial charge in [0.1, 0.15) is 11.5 Å². The number of furan rings is 1. The molecular formula is C21H28N2O3. The predicted molar refractivity (Wildman–Crippen MR) is 101 cm³/mol. The second-order valence-corrected chi connectivity index (χ2v) is 6.77. The first-order valence-corrected chi connectivity index (χ1v) is 9.43. The third-order valence-electron chi connectivity index (χ3n) is 5.00. The molecule has 1 fully saturated rings. The Balaban J connectivity index is 1.59. The van der Waals surface area contributed by atoms with Crippen LogP contribution in [0, 0.1) is 0 Å². The number of benzene rings is 1. The normalized spacial score (nSPS) is 16.2. The first-order valence-electron chi connectivity index (χ1n) is 9.43. The van der Waals surface area contributed by atoms with Gasteiger partial charge in [-0.25, -0.2) is 0 Å². The van der Waals surface area contributed by atoms with Crippen LogP contribution >= 0.6 is 0 Å². The van der Waals surface area contributed by atoms with E-state index in [0.717, 1.165) is 24.6 Å². The average molecular weight is 356 g/mol. The molecule has 1 atom stereocenters. The van der Waals surface area contributed by atoms with E-state index < -0.39 is 0 Å². The summed E-state index contributed by atoms with van der Waals surface area (Å²) in [6.07, 6.45) is 6.46. The number of hydrogen-bond donors (Lipinski definition) is 1. The molecule has 5 nitrogen and oxygen atoms in total. The van der Waals surface area contributed by atoms with E-state index in [2.05, 4.69) is 22.3 Å². The Morgan fingerprint density at radius 2 is 1.96 bits per heavy atom. The number of likely N-dealkylation sites (tertiary alicyclic amines) is 1. The molecule has 0 aliphatic carbocycles. The summed E-state index contributed by atoms with van der Waals surface area (Å²) in [6, 6.07) is 12.1. The third kappa shape index (κ3) is 5.11. The molecule has 1 unspecified atom stereocenters. The molecule has 2 heterocycles. The van der Waals surface area contributed by atoms with Crippen LogP contribution in [0.3, 0.4) is 0 Å². The van der Waals surface area contributed by atoms with Crippen LogP contribution in [-0.4, -0.2) is 37.6 Å². The molecule has 1 aromatic heterocycles. The van der Waals surface area contributed by atoms with Crippen LogP contribution in [0.4, 0.5) is 0 Å². The van der Waals surface area contributed by atoms with Crippen molar-refractivity contribution < 1.29 is 13.9 Å². The minimum Gasteiger partial charge on any atom is -0.497 e. The van der Waals surface area contributed by atoms with E-state index in [9.17, 15) is 4.79 Å². The second-order valence-electron chi connectivity index (χ2n) is 6.77. The second kappa shape index (κ2) is 9.43. The molecule has 5 heteroatoms. The van der Waals surface area contributed by atoms with Crippen LogP contribution in [0.25, 0.3) is 0 Å². The Kier molecular flexibility index (Phi) is 6.72. The van der Waals surface area contributed by atoms with Crippen LogP contribution in [-0.2, 0) is 11.2 Å². The number of methoxy groups -OCH3 is 1. The smallest absolute Gasteiger partial charge is 0.220 e. The number of nitrogens with zero attached hydrogens (tertiary/aromatic N) is 1. The Bertz CT molecular complexity index is 661. The lowest BCUT2D eigenvalue weighted by Gasteiger charge is -2.35. The van der Waals surface area contributed by atoms with Gasteiger partial charge in [-0.15, -0.1) is 0 Å². The molecule has 26 heavy (non-hydrogen) atoms. The van der Waals surface area contributed by atoms with Gasteiger partial charge >= 0.3 is 0 Å². The SMILES string of the molecule is COc1ccc(C(CNC(=O)CCc2ccco2)N2CCCCC2)cc1. The molecule has 1 aromatic carbocycles. The molecule has 140 valence electrons. The number of nitrogens with one attached hydrogen (secondary N) is 1. The molecule has 0 spiro atoms. The van der Waals surface area contributed by atoms with E-state index in [1.165, 1.54) is 24.8 Å². The maximum atomic E-state index is 12.3. The lowest BCUT2D eigenvalue weighted by Crippen LogP contribution is -2.40.